The number of hydrogen-bond donors (Lipinski definition) is 1. The first-order valence-corrected chi connectivity index (χ1v) is 6.12. The molecule has 0 spiro atoms. The number of anilines is 1. The summed E-state index contributed by atoms with van der Waals surface area (Å²) in [6, 6.07) is 10.1. The second-order valence-electron chi connectivity index (χ2n) is 3.67. The van der Waals surface area contributed by atoms with E-state index in [2.05, 4.69) is 18.0 Å². The second kappa shape index (κ2) is 5.03. The van der Waals surface area contributed by atoms with E-state index in [1.54, 1.807) is 0 Å². The van der Waals surface area contributed by atoms with Crippen molar-refractivity contribution in [2.45, 2.75) is 17.6 Å². The molecule has 2 rings (SSSR count). The molecule has 1 aromatic heterocycles. The third-order valence-electron chi connectivity index (χ3n) is 2.34. The van der Waals surface area contributed by atoms with Gasteiger partial charge in [-0.3, -0.25) is 4.98 Å². The highest BCUT2D eigenvalue weighted by Crippen LogP contribution is 2.26. The molecule has 1 aromatic carbocycles. The fourth-order valence-corrected chi connectivity index (χ4v) is 2.44. The van der Waals surface area contributed by atoms with E-state index in [9.17, 15) is 0 Å². The van der Waals surface area contributed by atoms with Crippen LogP contribution in [0.5, 0.6) is 0 Å². The first-order chi connectivity index (χ1) is 7.75. The van der Waals surface area contributed by atoms with Gasteiger partial charge in [-0.1, -0.05) is 0 Å². The zero-order valence-corrected chi connectivity index (χ0v) is 10.00. The number of hydrogen-bond acceptors (Lipinski definition) is 3. The average molecular weight is 230 g/mol. The molecule has 0 unspecified atom stereocenters. The van der Waals surface area contributed by atoms with Crippen molar-refractivity contribution in [3.8, 4) is 0 Å². The van der Waals surface area contributed by atoms with Crippen LogP contribution >= 0.6 is 11.8 Å². The van der Waals surface area contributed by atoms with Crippen molar-refractivity contribution in [1.29, 1.82) is 0 Å². The van der Waals surface area contributed by atoms with Crippen LogP contribution < -0.4 is 5.73 Å². The molecular weight excluding hydrogens is 216 g/mol. The quantitative estimate of drug-likeness (QED) is 0.649. The third-order valence-corrected chi connectivity index (χ3v) is 3.59. The van der Waals surface area contributed by atoms with Crippen LogP contribution in [-0.2, 0) is 5.75 Å². The predicted octanol–water partition coefficient (Wildman–Crippen LogP) is 3.26. The summed E-state index contributed by atoms with van der Waals surface area (Å²) in [5, 5.41) is 0. The molecule has 0 fully saturated rings. The predicted molar refractivity (Wildman–Crippen MR) is 69.4 cm³/mol. The molecule has 0 aliphatic heterocycles. The van der Waals surface area contributed by atoms with Gasteiger partial charge in [-0.05, 0) is 48.4 Å². The number of pyridine rings is 1. The van der Waals surface area contributed by atoms with Crippen LogP contribution in [0.3, 0.4) is 0 Å². The zero-order chi connectivity index (χ0) is 11.4. The molecule has 0 atom stereocenters. The van der Waals surface area contributed by atoms with E-state index in [0.29, 0.717) is 0 Å². The minimum Gasteiger partial charge on any atom is -0.399 e. The lowest BCUT2D eigenvalue weighted by Gasteiger charge is -2.06. The van der Waals surface area contributed by atoms with E-state index in [1.165, 1.54) is 16.0 Å². The van der Waals surface area contributed by atoms with Gasteiger partial charge in [-0.15, -0.1) is 11.8 Å². The van der Waals surface area contributed by atoms with Gasteiger partial charge in [0.25, 0.3) is 0 Å². The number of aromatic nitrogens is 1. The Morgan fingerprint density at radius 1 is 1.19 bits per heavy atom. The van der Waals surface area contributed by atoms with Crippen LogP contribution in [0.25, 0.3) is 0 Å². The molecule has 2 N–H and O–H groups in total. The Balaban J connectivity index is 2.05. The van der Waals surface area contributed by atoms with Gasteiger partial charge < -0.3 is 5.73 Å². The van der Waals surface area contributed by atoms with E-state index < -0.39 is 0 Å². The fraction of sp³-hybridized carbons (Fsp3) is 0.154. The highest BCUT2D eigenvalue weighted by atomic mass is 32.2. The van der Waals surface area contributed by atoms with Crippen molar-refractivity contribution in [3.05, 3.63) is 53.9 Å². The maximum Gasteiger partial charge on any atom is 0.0317 e. The maximum atomic E-state index is 5.72. The lowest BCUT2D eigenvalue weighted by molar-refractivity contribution is 1.26. The highest BCUT2D eigenvalue weighted by molar-refractivity contribution is 7.98. The molecule has 0 saturated carbocycles. The number of nitrogens with two attached hydrogens (primary N) is 1. The van der Waals surface area contributed by atoms with Crippen LogP contribution in [0.2, 0.25) is 0 Å². The maximum absolute atomic E-state index is 5.72. The van der Waals surface area contributed by atoms with Crippen molar-refractivity contribution in [1.82, 2.24) is 4.98 Å². The zero-order valence-electron chi connectivity index (χ0n) is 9.18. The summed E-state index contributed by atoms with van der Waals surface area (Å²) in [5.41, 5.74) is 9.07. The number of thioether (sulfide) groups is 1. The largest absolute Gasteiger partial charge is 0.399 e. The lowest BCUT2D eigenvalue weighted by atomic mass is 10.2. The molecule has 0 aliphatic rings. The molecule has 16 heavy (non-hydrogen) atoms. The van der Waals surface area contributed by atoms with E-state index in [1.807, 2.05) is 48.4 Å². The number of nitrogen functional groups attached to an aromatic ring is 1. The Morgan fingerprint density at radius 3 is 2.62 bits per heavy atom. The third kappa shape index (κ3) is 2.76. The van der Waals surface area contributed by atoms with Crippen molar-refractivity contribution in [3.63, 3.8) is 0 Å². The van der Waals surface area contributed by atoms with Crippen LogP contribution in [0.1, 0.15) is 11.1 Å². The number of rotatable bonds is 3. The van der Waals surface area contributed by atoms with Crippen LogP contribution in [0, 0.1) is 6.92 Å². The molecule has 2 nitrogen and oxygen atoms in total. The molecule has 0 amide bonds. The highest BCUT2D eigenvalue weighted by Gasteiger charge is 2.00. The molecule has 0 radical (unpaired) electrons. The van der Waals surface area contributed by atoms with Gasteiger partial charge in [0.15, 0.2) is 0 Å². The molecule has 82 valence electrons. The molecule has 1 heterocycles. The van der Waals surface area contributed by atoms with Gasteiger partial charge in [0.1, 0.15) is 0 Å². The summed E-state index contributed by atoms with van der Waals surface area (Å²) in [6.45, 7) is 2.09. The normalized spacial score (nSPS) is 10.3. The summed E-state index contributed by atoms with van der Waals surface area (Å²) in [5.74, 6) is 0.966. The van der Waals surface area contributed by atoms with Crippen molar-refractivity contribution >= 4 is 17.4 Å². The van der Waals surface area contributed by atoms with Gasteiger partial charge in [0, 0.05) is 28.7 Å². The Bertz CT molecular complexity index is 469. The summed E-state index contributed by atoms with van der Waals surface area (Å²) >= 11 is 1.83. The van der Waals surface area contributed by atoms with Crippen LogP contribution in [-0.4, -0.2) is 4.98 Å². The van der Waals surface area contributed by atoms with Crippen molar-refractivity contribution < 1.29 is 0 Å². The van der Waals surface area contributed by atoms with E-state index in [-0.39, 0.29) is 0 Å². The Morgan fingerprint density at radius 2 is 1.94 bits per heavy atom. The van der Waals surface area contributed by atoms with Crippen LogP contribution in [0.15, 0.2) is 47.6 Å². The number of aryl methyl sites for hydroxylation is 1. The minimum absolute atomic E-state index is 0.825. The van der Waals surface area contributed by atoms with Gasteiger partial charge in [-0.2, -0.15) is 0 Å². The smallest absolute Gasteiger partial charge is 0.0317 e. The molecular formula is C13H14N2S. The topological polar surface area (TPSA) is 38.9 Å². The molecule has 0 bridgehead atoms. The first-order valence-electron chi connectivity index (χ1n) is 5.13. The summed E-state index contributed by atoms with van der Waals surface area (Å²) in [4.78, 5) is 5.29. The molecule has 2 aromatic rings. The van der Waals surface area contributed by atoms with Gasteiger partial charge in [-0.25, -0.2) is 0 Å². The number of benzene rings is 1. The fourth-order valence-electron chi connectivity index (χ4n) is 1.47. The minimum atomic E-state index is 0.825. The lowest BCUT2D eigenvalue weighted by Crippen LogP contribution is -1.88. The standard InChI is InChI=1S/C13H14N2S/c1-10-8-12(14)2-3-13(10)16-9-11-4-6-15-7-5-11/h2-8H,9,14H2,1H3. The summed E-state index contributed by atoms with van der Waals surface area (Å²) in [7, 11) is 0. The summed E-state index contributed by atoms with van der Waals surface area (Å²) < 4.78 is 0. The van der Waals surface area contributed by atoms with E-state index >= 15 is 0 Å². The molecule has 0 aliphatic carbocycles. The second-order valence-corrected chi connectivity index (χ2v) is 4.69. The number of nitrogens with zero attached hydrogens (tertiary/aromatic N) is 1. The molecule has 0 saturated heterocycles. The average Bonchev–Trinajstić information content (AvgIpc) is 2.29. The van der Waals surface area contributed by atoms with E-state index in [4.69, 9.17) is 5.73 Å². The Labute approximate surface area is 99.9 Å². The monoisotopic (exact) mass is 230 g/mol. The Kier molecular flexibility index (Phi) is 3.47. The van der Waals surface area contributed by atoms with Gasteiger partial charge >= 0.3 is 0 Å². The van der Waals surface area contributed by atoms with Gasteiger partial charge in [0.2, 0.25) is 0 Å². The van der Waals surface area contributed by atoms with Crippen molar-refractivity contribution in [2.75, 3.05) is 5.73 Å². The van der Waals surface area contributed by atoms with E-state index in [0.717, 1.165) is 11.4 Å². The summed E-state index contributed by atoms with van der Waals surface area (Å²) in [6.07, 6.45) is 3.65. The Hall–Kier alpha value is -1.48. The first kappa shape index (κ1) is 11.0. The van der Waals surface area contributed by atoms with Crippen molar-refractivity contribution in [2.24, 2.45) is 0 Å². The SMILES string of the molecule is Cc1cc(N)ccc1SCc1ccncc1. The molecule has 3 heteroatoms. The van der Waals surface area contributed by atoms with Gasteiger partial charge in [0.05, 0.1) is 0 Å². The van der Waals surface area contributed by atoms with Crippen LogP contribution in [0.4, 0.5) is 5.69 Å².